The lowest BCUT2D eigenvalue weighted by molar-refractivity contribution is -0.138. The van der Waals surface area contributed by atoms with Gasteiger partial charge < -0.3 is 19.3 Å². The molecule has 0 fully saturated rings. The van der Waals surface area contributed by atoms with Gasteiger partial charge in [-0.2, -0.15) is 0 Å². The highest BCUT2D eigenvalue weighted by Crippen LogP contribution is 2.29. The maximum absolute atomic E-state index is 12.0. The molecule has 0 saturated heterocycles. The van der Waals surface area contributed by atoms with Crippen LogP contribution in [0.4, 0.5) is 0 Å². The zero-order valence-electron chi connectivity index (χ0n) is 21.0. The predicted molar refractivity (Wildman–Crippen MR) is 132 cm³/mol. The largest absolute Gasteiger partial charge is 0.463 e. The number of aryl methyl sites for hydroxylation is 2. The molecule has 2 aromatic rings. The normalized spacial score (nSPS) is 11.0. The fraction of sp³-hybridized carbons (Fsp3) is 0.500. The van der Waals surface area contributed by atoms with Crippen molar-refractivity contribution in [2.24, 2.45) is 0 Å². The van der Waals surface area contributed by atoms with E-state index in [1.165, 1.54) is 38.1 Å². The molecule has 0 saturated carbocycles. The average molecular weight is 502 g/mol. The number of benzene rings is 1. The Morgan fingerprint density at radius 3 is 2.36 bits per heavy atom. The maximum Gasteiger partial charge on any atom is 0.330 e. The first kappa shape index (κ1) is 28.7. The molecule has 1 heterocycles. The van der Waals surface area contributed by atoms with Crippen molar-refractivity contribution < 1.29 is 33.7 Å². The molecule has 10 nitrogen and oxygen atoms in total. The van der Waals surface area contributed by atoms with E-state index in [9.17, 15) is 14.4 Å². The molecular weight excluding hydrogens is 466 g/mol. The molecular formula is C26H35N3O7. The highest BCUT2D eigenvalue weighted by Gasteiger charge is 2.11. The van der Waals surface area contributed by atoms with Gasteiger partial charge in [0.25, 0.3) is 0 Å². The van der Waals surface area contributed by atoms with Gasteiger partial charge in [0.2, 0.25) is 0 Å². The Kier molecular flexibility index (Phi) is 12.9. The van der Waals surface area contributed by atoms with Crippen molar-refractivity contribution in [2.45, 2.75) is 71.8 Å². The molecule has 0 aliphatic carbocycles. The van der Waals surface area contributed by atoms with Crippen LogP contribution in [0.3, 0.4) is 0 Å². The summed E-state index contributed by atoms with van der Waals surface area (Å²) in [6.07, 6.45) is 12.4. The van der Waals surface area contributed by atoms with Crippen LogP contribution >= 0.6 is 0 Å². The third kappa shape index (κ3) is 11.3. The molecule has 0 spiro atoms. The number of aromatic nitrogens is 3. The molecule has 1 N–H and O–H groups in total. The Morgan fingerprint density at radius 2 is 1.64 bits per heavy atom. The summed E-state index contributed by atoms with van der Waals surface area (Å²) in [5, 5.41) is 16.9. The lowest BCUT2D eigenvalue weighted by Gasteiger charge is -2.09. The maximum atomic E-state index is 12.0. The molecule has 0 amide bonds. The summed E-state index contributed by atoms with van der Waals surface area (Å²) in [5.41, 5.74) is 1.69. The lowest BCUT2D eigenvalue weighted by atomic mass is 10.1. The molecule has 0 aliphatic rings. The number of aliphatic hydroxyl groups excluding tert-OH is 1. The number of aliphatic hydroxyl groups is 1. The van der Waals surface area contributed by atoms with Gasteiger partial charge in [0.15, 0.2) is 11.5 Å². The molecule has 0 unspecified atom stereocenters. The Hall–Kier alpha value is -3.53. The van der Waals surface area contributed by atoms with E-state index in [4.69, 9.17) is 19.3 Å². The Bertz CT molecular complexity index is 1020. The molecule has 0 radical (unpaired) electrons. The molecule has 0 bridgehead atoms. The van der Waals surface area contributed by atoms with E-state index in [2.05, 4.69) is 10.3 Å². The second kappa shape index (κ2) is 16.2. The van der Waals surface area contributed by atoms with E-state index >= 15 is 0 Å². The molecule has 2 rings (SSSR count). The van der Waals surface area contributed by atoms with Crippen molar-refractivity contribution in [3.63, 3.8) is 0 Å². The second-order valence-electron chi connectivity index (χ2n) is 8.29. The van der Waals surface area contributed by atoms with Gasteiger partial charge in [0.05, 0.1) is 18.5 Å². The number of carbonyl (C=O) groups excluding carboxylic acids is 3. The Balaban J connectivity index is 1.61. The highest BCUT2D eigenvalue weighted by atomic mass is 16.6. The first-order valence-corrected chi connectivity index (χ1v) is 12.2. The van der Waals surface area contributed by atoms with Gasteiger partial charge in [-0.25, -0.2) is 9.48 Å². The van der Waals surface area contributed by atoms with Crippen molar-refractivity contribution in [3.8, 4) is 11.5 Å². The molecule has 1 aromatic heterocycles. The standard InChI is InChI=1S/C26H35N3O7/c1-20(31)35-24-13-11-22(18-25(24)36-21(2)32)12-14-26(33)34-17-8-6-4-3-5-7-10-23-19-27-28-29(23)15-9-16-30/h11-14,18-19,30H,3-10,15-17H2,1-2H3/b14-12+. The third-order valence-electron chi connectivity index (χ3n) is 5.18. The topological polar surface area (TPSA) is 130 Å². The van der Waals surface area contributed by atoms with Gasteiger partial charge in [0, 0.05) is 33.1 Å². The van der Waals surface area contributed by atoms with E-state index in [0.29, 0.717) is 25.1 Å². The second-order valence-corrected chi connectivity index (χ2v) is 8.29. The summed E-state index contributed by atoms with van der Waals surface area (Å²) < 4.78 is 17.2. The average Bonchev–Trinajstić information content (AvgIpc) is 3.28. The quantitative estimate of drug-likeness (QED) is 0.158. The van der Waals surface area contributed by atoms with Gasteiger partial charge in [0.1, 0.15) is 0 Å². The summed E-state index contributed by atoms with van der Waals surface area (Å²) >= 11 is 0. The first-order valence-electron chi connectivity index (χ1n) is 12.2. The minimum atomic E-state index is -0.553. The number of esters is 3. The third-order valence-corrected chi connectivity index (χ3v) is 5.18. The van der Waals surface area contributed by atoms with Crippen LogP contribution in [0.2, 0.25) is 0 Å². The zero-order chi connectivity index (χ0) is 26.2. The first-order chi connectivity index (χ1) is 17.4. The van der Waals surface area contributed by atoms with Crippen LogP contribution in [-0.2, 0) is 32.1 Å². The molecule has 1 aromatic carbocycles. The molecule has 0 atom stereocenters. The number of carbonyl (C=O) groups is 3. The van der Waals surface area contributed by atoms with Gasteiger partial charge in [-0.1, -0.05) is 37.0 Å². The molecule has 10 heteroatoms. The molecule has 36 heavy (non-hydrogen) atoms. The van der Waals surface area contributed by atoms with Gasteiger partial charge in [-0.3, -0.25) is 9.59 Å². The zero-order valence-corrected chi connectivity index (χ0v) is 21.0. The van der Waals surface area contributed by atoms with Gasteiger partial charge in [-0.05, 0) is 49.5 Å². The summed E-state index contributed by atoms with van der Waals surface area (Å²) in [4.78, 5) is 34.5. The number of hydrogen-bond acceptors (Lipinski definition) is 9. The van der Waals surface area contributed by atoms with Gasteiger partial charge in [-0.15, -0.1) is 5.10 Å². The monoisotopic (exact) mass is 501 g/mol. The van der Waals surface area contributed by atoms with Gasteiger partial charge >= 0.3 is 17.9 Å². The number of nitrogens with zero attached hydrogens (tertiary/aromatic N) is 3. The van der Waals surface area contributed by atoms with Crippen molar-refractivity contribution >= 4 is 24.0 Å². The Morgan fingerprint density at radius 1 is 0.944 bits per heavy atom. The predicted octanol–water partition coefficient (Wildman–Crippen LogP) is 3.65. The summed E-state index contributed by atoms with van der Waals surface area (Å²) in [5.74, 6) is -1.33. The van der Waals surface area contributed by atoms with E-state index in [1.807, 2.05) is 4.68 Å². The van der Waals surface area contributed by atoms with E-state index in [-0.39, 0.29) is 18.1 Å². The summed E-state index contributed by atoms with van der Waals surface area (Å²) in [6, 6.07) is 4.63. The van der Waals surface area contributed by atoms with Crippen molar-refractivity contribution in [1.29, 1.82) is 0 Å². The number of rotatable bonds is 16. The van der Waals surface area contributed by atoms with Crippen LogP contribution < -0.4 is 9.47 Å². The van der Waals surface area contributed by atoms with Crippen LogP contribution in [-0.4, -0.2) is 51.2 Å². The van der Waals surface area contributed by atoms with Crippen LogP contribution in [0, 0.1) is 0 Å². The summed E-state index contributed by atoms with van der Waals surface area (Å²) in [7, 11) is 0. The van der Waals surface area contributed by atoms with E-state index in [0.717, 1.165) is 50.6 Å². The summed E-state index contributed by atoms with van der Waals surface area (Å²) in [6.45, 7) is 3.68. The molecule has 0 aliphatic heterocycles. The van der Waals surface area contributed by atoms with Crippen LogP contribution in [0.15, 0.2) is 30.5 Å². The molecule has 196 valence electrons. The minimum Gasteiger partial charge on any atom is -0.463 e. The van der Waals surface area contributed by atoms with Crippen LogP contribution in [0.5, 0.6) is 11.5 Å². The highest BCUT2D eigenvalue weighted by molar-refractivity contribution is 5.87. The van der Waals surface area contributed by atoms with Crippen molar-refractivity contribution in [3.05, 3.63) is 41.7 Å². The van der Waals surface area contributed by atoms with E-state index < -0.39 is 17.9 Å². The fourth-order valence-corrected chi connectivity index (χ4v) is 3.48. The van der Waals surface area contributed by atoms with Crippen LogP contribution in [0.1, 0.15) is 70.1 Å². The number of unbranched alkanes of at least 4 members (excludes halogenated alkanes) is 5. The Labute approximate surface area is 211 Å². The minimum absolute atomic E-state index is 0.0946. The number of hydrogen-bond donors (Lipinski definition) is 1. The smallest absolute Gasteiger partial charge is 0.330 e. The fourth-order valence-electron chi connectivity index (χ4n) is 3.48. The van der Waals surface area contributed by atoms with Crippen molar-refractivity contribution in [2.75, 3.05) is 13.2 Å². The van der Waals surface area contributed by atoms with Crippen LogP contribution in [0.25, 0.3) is 6.08 Å². The number of ether oxygens (including phenoxy) is 3. The van der Waals surface area contributed by atoms with Crippen molar-refractivity contribution in [1.82, 2.24) is 15.0 Å². The SMILES string of the molecule is CC(=O)Oc1ccc(/C=C/C(=O)OCCCCCCCCc2cnnn2CCCO)cc1OC(C)=O. The lowest BCUT2D eigenvalue weighted by Crippen LogP contribution is -2.07. The van der Waals surface area contributed by atoms with E-state index in [1.54, 1.807) is 12.3 Å².